The fourth-order valence-electron chi connectivity index (χ4n) is 2.47. The first kappa shape index (κ1) is 24.0. The zero-order valence-electron chi connectivity index (χ0n) is 15.8. The summed E-state index contributed by atoms with van der Waals surface area (Å²) in [5.74, 6) is 2.85. The number of nitrogens with zero attached hydrogens (tertiary/aromatic N) is 4. The summed E-state index contributed by atoms with van der Waals surface area (Å²) in [5, 5.41) is 15.6. The van der Waals surface area contributed by atoms with Crippen molar-refractivity contribution in [3.63, 3.8) is 0 Å². The topological polar surface area (TPSA) is 67.1 Å². The van der Waals surface area contributed by atoms with Crippen molar-refractivity contribution >= 4 is 53.3 Å². The molecule has 1 aromatic carbocycles. The van der Waals surface area contributed by atoms with Crippen LogP contribution in [0.4, 0.5) is 0 Å². The average Bonchev–Trinajstić information content (AvgIpc) is 3.09. The Bertz CT molecular complexity index is 694. The van der Waals surface area contributed by atoms with Crippen molar-refractivity contribution in [2.45, 2.75) is 26.3 Å². The molecule has 0 aliphatic heterocycles. The number of halogens is 2. The summed E-state index contributed by atoms with van der Waals surface area (Å²) in [5.41, 5.74) is 1.21. The fraction of sp³-hybridized carbons (Fsp3) is 0.500. The Kier molecular flexibility index (Phi) is 12.5. The van der Waals surface area contributed by atoms with E-state index < -0.39 is 0 Å². The minimum atomic E-state index is 0. The molecule has 2 N–H and O–H groups in total. The Balaban J connectivity index is 0.00000364. The van der Waals surface area contributed by atoms with Gasteiger partial charge in [-0.05, 0) is 30.4 Å². The second-order valence-electron chi connectivity index (χ2n) is 5.75. The molecule has 2 rings (SSSR count). The standard InChI is InChI=1S/C18H27ClN6S.HI/c1-3-17-24-23-14-25(17)11-9-21-18(22-10-12-26-2)20-8-7-15-5-4-6-16(19)13-15;/h4-6,13-14H,3,7-12H2,1-2H3,(H2,20,21,22);1H. The Morgan fingerprint density at radius 3 is 2.85 bits per heavy atom. The van der Waals surface area contributed by atoms with Crippen molar-refractivity contribution in [1.29, 1.82) is 0 Å². The van der Waals surface area contributed by atoms with Crippen molar-refractivity contribution in [2.75, 3.05) is 31.6 Å². The number of aliphatic imine (C=N–C) groups is 1. The number of hydrogen-bond acceptors (Lipinski definition) is 4. The average molecular weight is 523 g/mol. The van der Waals surface area contributed by atoms with Crippen LogP contribution in [0, 0.1) is 0 Å². The number of benzene rings is 1. The summed E-state index contributed by atoms with van der Waals surface area (Å²) in [6, 6.07) is 7.96. The van der Waals surface area contributed by atoms with E-state index in [1.54, 1.807) is 18.1 Å². The Morgan fingerprint density at radius 1 is 1.30 bits per heavy atom. The van der Waals surface area contributed by atoms with Gasteiger partial charge in [0.05, 0.1) is 6.54 Å². The summed E-state index contributed by atoms with van der Waals surface area (Å²) in [7, 11) is 0. The Labute approximate surface area is 188 Å². The smallest absolute Gasteiger partial charge is 0.191 e. The molecule has 1 aromatic heterocycles. The van der Waals surface area contributed by atoms with Gasteiger partial charge in [-0.2, -0.15) is 11.8 Å². The first-order chi connectivity index (χ1) is 12.7. The molecule has 0 spiro atoms. The van der Waals surface area contributed by atoms with Crippen molar-refractivity contribution in [1.82, 2.24) is 25.4 Å². The van der Waals surface area contributed by atoms with Crippen LogP contribution >= 0.6 is 47.3 Å². The van der Waals surface area contributed by atoms with E-state index in [-0.39, 0.29) is 24.0 Å². The molecule has 0 aliphatic rings. The van der Waals surface area contributed by atoms with Gasteiger partial charge in [0.15, 0.2) is 5.96 Å². The molecule has 0 atom stereocenters. The molecule has 0 aliphatic carbocycles. The number of thioether (sulfide) groups is 1. The lowest BCUT2D eigenvalue weighted by Gasteiger charge is -2.13. The van der Waals surface area contributed by atoms with Gasteiger partial charge < -0.3 is 15.2 Å². The number of hydrogen-bond donors (Lipinski definition) is 2. The van der Waals surface area contributed by atoms with Gasteiger partial charge in [0.1, 0.15) is 12.2 Å². The molecule has 0 unspecified atom stereocenters. The van der Waals surface area contributed by atoms with Crippen molar-refractivity contribution in [2.24, 2.45) is 4.99 Å². The van der Waals surface area contributed by atoms with E-state index in [1.807, 2.05) is 18.2 Å². The van der Waals surface area contributed by atoms with Crippen molar-refractivity contribution in [3.05, 3.63) is 47.0 Å². The largest absolute Gasteiger partial charge is 0.356 e. The highest BCUT2D eigenvalue weighted by molar-refractivity contribution is 14.0. The van der Waals surface area contributed by atoms with Gasteiger partial charge >= 0.3 is 0 Å². The van der Waals surface area contributed by atoms with Crippen LogP contribution in [-0.4, -0.2) is 52.4 Å². The van der Waals surface area contributed by atoms with Crippen LogP contribution in [-0.2, 0) is 19.4 Å². The molecule has 150 valence electrons. The molecular weight excluding hydrogens is 495 g/mol. The number of guanidine groups is 1. The highest BCUT2D eigenvalue weighted by Gasteiger charge is 2.03. The Morgan fingerprint density at radius 2 is 2.11 bits per heavy atom. The van der Waals surface area contributed by atoms with Crippen molar-refractivity contribution in [3.8, 4) is 0 Å². The molecule has 0 amide bonds. The second-order valence-corrected chi connectivity index (χ2v) is 7.17. The predicted octanol–water partition coefficient (Wildman–Crippen LogP) is 3.25. The number of aromatic nitrogens is 3. The molecule has 0 saturated carbocycles. The minimum Gasteiger partial charge on any atom is -0.356 e. The molecule has 0 saturated heterocycles. The monoisotopic (exact) mass is 522 g/mol. The number of rotatable bonds is 10. The fourth-order valence-corrected chi connectivity index (χ4v) is 2.96. The first-order valence-corrected chi connectivity index (χ1v) is 10.6. The lowest BCUT2D eigenvalue weighted by Crippen LogP contribution is -2.40. The van der Waals surface area contributed by atoms with E-state index in [4.69, 9.17) is 11.6 Å². The third-order valence-corrected chi connectivity index (χ3v) is 4.64. The molecule has 0 fully saturated rings. The summed E-state index contributed by atoms with van der Waals surface area (Å²) >= 11 is 7.84. The molecule has 27 heavy (non-hydrogen) atoms. The summed E-state index contributed by atoms with van der Waals surface area (Å²) in [6.07, 6.45) is 5.65. The zero-order chi connectivity index (χ0) is 18.6. The van der Waals surface area contributed by atoms with Crippen LogP contribution in [0.1, 0.15) is 18.3 Å². The predicted molar refractivity (Wildman–Crippen MR) is 127 cm³/mol. The summed E-state index contributed by atoms with van der Waals surface area (Å²) in [4.78, 5) is 4.63. The maximum atomic E-state index is 6.04. The van der Waals surface area contributed by atoms with E-state index in [9.17, 15) is 0 Å². The summed E-state index contributed by atoms with van der Waals surface area (Å²) < 4.78 is 2.07. The zero-order valence-corrected chi connectivity index (χ0v) is 19.7. The molecule has 6 nitrogen and oxygen atoms in total. The molecule has 0 bridgehead atoms. The van der Waals surface area contributed by atoms with Gasteiger partial charge in [-0.25, -0.2) is 0 Å². The van der Waals surface area contributed by atoms with Crippen LogP contribution in [0.15, 0.2) is 35.6 Å². The summed E-state index contributed by atoms with van der Waals surface area (Å²) in [6.45, 7) is 5.26. The normalized spacial score (nSPS) is 11.1. The lowest BCUT2D eigenvalue weighted by atomic mass is 10.1. The lowest BCUT2D eigenvalue weighted by molar-refractivity contribution is 0.632. The molecular formula is C18H28ClIN6S. The SMILES string of the molecule is CCc1nncn1CCNC(=NCCSC)NCCc1cccc(Cl)c1.I. The van der Waals surface area contributed by atoms with E-state index in [0.717, 1.165) is 61.6 Å². The van der Waals surface area contributed by atoms with Gasteiger partial charge in [-0.15, -0.1) is 34.2 Å². The van der Waals surface area contributed by atoms with Gasteiger partial charge in [-0.1, -0.05) is 30.7 Å². The number of aryl methyl sites for hydroxylation is 1. The third-order valence-electron chi connectivity index (χ3n) is 3.82. The Hall–Kier alpha value is -1.000. The van der Waals surface area contributed by atoms with Crippen LogP contribution in [0.5, 0.6) is 0 Å². The molecule has 2 aromatic rings. The molecule has 0 radical (unpaired) electrons. The quantitative estimate of drug-likeness (QED) is 0.217. The van der Waals surface area contributed by atoms with Gasteiger partial charge in [-0.3, -0.25) is 4.99 Å². The van der Waals surface area contributed by atoms with Crippen LogP contribution in [0.25, 0.3) is 0 Å². The van der Waals surface area contributed by atoms with Crippen molar-refractivity contribution < 1.29 is 0 Å². The maximum Gasteiger partial charge on any atom is 0.191 e. The molecule has 1 heterocycles. The second kappa shape index (κ2) is 14.1. The van der Waals surface area contributed by atoms with E-state index >= 15 is 0 Å². The maximum absolute atomic E-state index is 6.04. The van der Waals surface area contributed by atoms with Crippen LogP contribution < -0.4 is 10.6 Å². The van der Waals surface area contributed by atoms with Crippen LogP contribution in [0.3, 0.4) is 0 Å². The van der Waals surface area contributed by atoms with Gasteiger partial charge in [0.2, 0.25) is 0 Å². The van der Waals surface area contributed by atoms with E-state index in [2.05, 4.69) is 49.6 Å². The van der Waals surface area contributed by atoms with E-state index in [1.165, 1.54) is 5.56 Å². The van der Waals surface area contributed by atoms with Crippen LogP contribution in [0.2, 0.25) is 5.02 Å². The molecule has 9 heteroatoms. The minimum absolute atomic E-state index is 0. The third kappa shape index (κ3) is 9.16. The first-order valence-electron chi connectivity index (χ1n) is 8.85. The highest BCUT2D eigenvalue weighted by atomic mass is 127. The highest BCUT2D eigenvalue weighted by Crippen LogP contribution is 2.10. The van der Waals surface area contributed by atoms with Gasteiger partial charge in [0.25, 0.3) is 0 Å². The van der Waals surface area contributed by atoms with E-state index in [0.29, 0.717) is 0 Å². The van der Waals surface area contributed by atoms with Gasteiger partial charge in [0, 0.05) is 36.8 Å². The number of nitrogens with one attached hydrogen (secondary N) is 2.